The Kier molecular flexibility index (Phi) is 3.57. The van der Waals surface area contributed by atoms with Crippen molar-refractivity contribution in [2.75, 3.05) is 0 Å². The number of hydrogen-bond acceptors (Lipinski definition) is 3. The molecule has 1 aromatic carbocycles. The molecule has 0 saturated heterocycles. The Morgan fingerprint density at radius 2 is 2.13 bits per heavy atom. The standard InChI is InChI=1S/C9H10ClFO3S/c1-6(11)7-2-3-9(12)8(4-7)5-15(10,13)14/h2-4,6,12H,5H2,1H3. The highest BCUT2D eigenvalue weighted by Gasteiger charge is 2.13. The van der Waals surface area contributed by atoms with Gasteiger partial charge in [0, 0.05) is 16.2 Å². The molecule has 0 radical (unpaired) electrons. The summed E-state index contributed by atoms with van der Waals surface area (Å²) < 4.78 is 34.5. The molecule has 1 rings (SSSR count). The Bertz CT molecular complexity index is 456. The van der Waals surface area contributed by atoms with Crippen LogP contribution in [0.1, 0.15) is 24.2 Å². The maximum absolute atomic E-state index is 12.9. The van der Waals surface area contributed by atoms with Gasteiger partial charge in [0.15, 0.2) is 0 Å². The zero-order valence-electron chi connectivity index (χ0n) is 7.94. The number of aromatic hydroxyl groups is 1. The SMILES string of the molecule is CC(F)c1ccc(O)c(CS(=O)(=O)Cl)c1. The lowest BCUT2D eigenvalue weighted by Gasteiger charge is -2.07. The molecule has 0 aliphatic heterocycles. The summed E-state index contributed by atoms with van der Waals surface area (Å²) in [5, 5.41) is 9.33. The Labute approximate surface area is 91.9 Å². The van der Waals surface area contributed by atoms with Gasteiger partial charge in [0.05, 0.1) is 5.75 Å². The molecule has 0 aliphatic carbocycles. The van der Waals surface area contributed by atoms with Gasteiger partial charge >= 0.3 is 0 Å². The first-order chi connectivity index (χ1) is 6.79. The van der Waals surface area contributed by atoms with Crippen molar-refractivity contribution in [3.05, 3.63) is 29.3 Å². The van der Waals surface area contributed by atoms with E-state index < -0.39 is 21.0 Å². The zero-order chi connectivity index (χ0) is 11.6. The van der Waals surface area contributed by atoms with Crippen LogP contribution in [0.25, 0.3) is 0 Å². The molecule has 84 valence electrons. The summed E-state index contributed by atoms with van der Waals surface area (Å²) in [6.07, 6.45) is -1.22. The molecule has 3 nitrogen and oxygen atoms in total. The molecule has 0 spiro atoms. The van der Waals surface area contributed by atoms with E-state index in [-0.39, 0.29) is 11.3 Å². The highest BCUT2D eigenvalue weighted by Crippen LogP contribution is 2.26. The number of rotatable bonds is 3. The monoisotopic (exact) mass is 252 g/mol. The third-order valence-electron chi connectivity index (χ3n) is 1.89. The van der Waals surface area contributed by atoms with Gasteiger partial charge in [-0.3, -0.25) is 0 Å². The number of hydrogen-bond donors (Lipinski definition) is 1. The van der Waals surface area contributed by atoms with Crippen molar-refractivity contribution in [2.45, 2.75) is 18.8 Å². The fourth-order valence-electron chi connectivity index (χ4n) is 1.15. The van der Waals surface area contributed by atoms with Gasteiger partial charge in [-0.25, -0.2) is 12.8 Å². The molecule has 1 unspecified atom stereocenters. The van der Waals surface area contributed by atoms with Gasteiger partial charge in [-0.15, -0.1) is 0 Å². The minimum absolute atomic E-state index is 0.104. The van der Waals surface area contributed by atoms with E-state index in [9.17, 15) is 17.9 Å². The summed E-state index contributed by atoms with van der Waals surface area (Å²) in [6.45, 7) is 1.32. The van der Waals surface area contributed by atoms with Crippen LogP contribution in [0.3, 0.4) is 0 Å². The van der Waals surface area contributed by atoms with Crippen LogP contribution in [0.4, 0.5) is 4.39 Å². The van der Waals surface area contributed by atoms with Crippen molar-refractivity contribution in [1.29, 1.82) is 0 Å². The largest absolute Gasteiger partial charge is 0.508 e. The molecule has 0 aromatic heterocycles. The molecule has 1 atom stereocenters. The van der Waals surface area contributed by atoms with Crippen LogP contribution in [-0.4, -0.2) is 13.5 Å². The molecule has 6 heteroatoms. The average molecular weight is 253 g/mol. The lowest BCUT2D eigenvalue weighted by molar-refractivity contribution is 0.373. The summed E-state index contributed by atoms with van der Waals surface area (Å²) in [4.78, 5) is 0. The van der Waals surface area contributed by atoms with Gasteiger partial charge in [0.25, 0.3) is 0 Å². The molecule has 0 bridgehead atoms. The smallest absolute Gasteiger partial charge is 0.236 e. The Morgan fingerprint density at radius 3 is 2.60 bits per heavy atom. The van der Waals surface area contributed by atoms with Crippen LogP contribution in [0, 0.1) is 0 Å². The number of benzene rings is 1. The summed E-state index contributed by atoms with van der Waals surface area (Å²) in [6, 6.07) is 3.94. The lowest BCUT2D eigenvalue weighted by atomic mass is 10.1. The second-order valence-corrected chi connectivity index (χ2v) is 5.96. The molecule has 1 aromatic rings. The third-order valence-corrected chi connectivity index (χ3v) is 2.87. The maximum atomic E-state index is 12.9. The van der Waals surface area contributed by atoms with Crippen molar-refractivity contribution >= 4 is 19.7 Å². The van der Waals surface area contributed by atoms with E-state index in [1.165, 1.54) is 25.1 Å². The Morgan fingerprint density at radius 1 is 1.53 bits per heavy atom. The molecule has 15 heavy (non-hydrogen) atoms. The number of halogens is 2. The van der Waals surface area contributed by atoms with Crippen molar-refractivity contribution < 1.29 is 17.9 Å². The first kappa shape index (κ1) is 12.3. The van der Waals surface area contributed by atoms with E-state index in [0.717, 1.165) is 0 Å². The predicted molar refractivity (Wildman–Crippen MR) is 56.1 cm³/mol. The van der Waals surface area contributed by atoms with E-state index in [1.54, 1.807) is 0 Å². The Balaban J connectivity index is 3.11. The van der Waals surface area contributed by atoms with Crippen LogP contribution >= 0.6 is 10.7 Å². The van der Waals surface area contributed by atoms with Gasteiger partial charge in [-0.2, -0.15) is 0 Å². The predicted octanol–water partition coefficient (Wildman–Crippen LogP) is 2.49. The topological polar surface area (TPSA) is 54.4 Å². The van der Waals surface area contributed by atoms with Crippen LogP contribution < -0.4 is 0 Å². The normalized spacial score (nSPS) is 13.8. The molecule has 0 fully saturated rings. The average Bonchev–Trinajstić information content (AvgIpc) is 2.06. The highest BCUT2D eigenvalue weighted by atomic mass is 35.7. The summed E-state index contributed by atoms with van der Waals surface area (Å²) in [5.74, 6) is -0.718. The Hall–Kier alpha value is -0.810. The second kappa shape index (κ2) is 4.37. The zero-order valence-corrected chi connectivity index (χ0v) is 9.52. The number of alkyl halides is 1. The fourth-order valence-corrected chi connectivity index (χ4v) is 2.11. The first-order valence-electron chi connectivity index (χ1n) is 4.18. The molecular weight excluding hydrogens is 243 g/mol. The molecule has 0 saturated carbocycles. The van der Waals surface area contributed by atoms with Gasteiger partial charge in [0.2, 0.25) is 9.05 Å². The molecular formula is C9H10ClFO3S. The van der Waals surface area contributed by atoms with Crippen LogP contribution in [0.15, 0.2) is 18.2 Å². The highest BCUT2D eigenvalue weighted by molar-refractivity contribution is 8.13. The second-order valence-electron chi connectivity index (χ2n) is 3.19. The minimum Gasteiger partial charge on any atom is -0.508 e. The summed E-state index contributed by atoms with van der Waals surface area (Å²) >= 11 is 0. The van der Waals surface area contributed by atoms with Gasteiger partial charge in [-0.1, -0.05) is 6.07 Å². The maximum Gasteiger partial charge on any atom is 0.236 e. The summed E-state index contributed by atoms with van der Waals surface area (Å²) in [7, 11) is 1.29. The summed E-state index contributed by atoms with van der Waals surface area (Å²) in [5.41, 5.74) is 0.412. The number of phenolic OH excluding ortho intramolecular Hbond substituents is 1. The fraction of sp³-hybridized carbons (Fsp3) is 0.333. The lowest BCUT2D eigenvalue weighted by Crippen LogP contribution is -1.97. The minimum atomic E-state index is -3.75. The van der Waals surface area contributed by atoms with E-state index in [1.807, 2.05) is 0 Å². The van der Waals surface area contributed by atoms with E-state index in [0.29, 0.717) is 5.56 Å². The molecule has 0 aliphatic rings. The van der Waals surface area contributed by atoms with Crippen molar-refractivity contribution in [3.63, 3.8) is 0 Å². The molecule has 0 heterocycles. The van der Waals surface area contributed by atoms with Gasteiger partial charge in [0.1, 0.15) is 11.9 Å². The molecule has 0 amide bonds. The van der Waals surface area contributed by atoms with Gasteiger partial charge < -0.3 is 5.11 Å². The van der Waals surface area contributed by atoms with E-state index in [2.05, 4.69) is 0 Å². The van der Waals surface area contributed by atoms with E-state index in [4.69, 9.17) is 10.7 Å². The molecule has 1 N–H and O–H groups in total. The number of phenols is 1. The van der Waals surface area contributed by atoms with Crippen molar-refractivity contribution in [3.8, 4) is 5.75 Å². The van der Waals surface area contributed by atoms with Crippen molar-refractivity contribution in [2.24, 2.45) is 0 Å². The third kappa shape index (κ3) is 3.68. The van der Waals surface area contributed by atoms with Crippen LogP contribution in [-0.2, 0) is 14.8 Å². The van der Waals surface area contributed by atoms with Crippen LogP contribution in [0.2, 0.25) is 0 Å². The quantitative estimate of drug-likeness (QED) is 0.841. The first-order valence-corrected chi connectivity index (χ1v) is 6.65. The van der Waals surface area contributed by atoms with Crippen molar-refractivity contribution in [1.82, 2.24) is 0 Å². The van der Waals surface area contributed by atoms with Crippen LogP contribution in [0.5, 0.6) is 5.75 Å². The van der Waals surface area contributed by atoms with E-state index >= 15 is 0 Å². The van der Waals surface area contributed by atoms with Gasteiger partial charge in [-0.05, 0) is 24.6 Å².